The molecule has 0 saturated carbocycles. The van der Waals surface area contributed by atoms with Crippen LogP contribution in [0.5, 0.6) is 0 Å². The van der Waals surface area contributed by atoms with Crippen molar-refractivity contribution in [1.82, 2.24) is 5.32 Å². The van der Waals surface area contributed by atoms with E-state index in [1.165, 1.54) is 30.6 Å². The van der Waals surface area contributed by atoms with Crippen LogP contribution in [0.15, 0.2) is 24.3 Å². The molecule has 1 aliphatic rings. The molecule has 0 aliphatic carbocycles. The third kappa shape index (κ3) is 7.17. The van der Waals surface area contributed by atoms with E-state index >= 15 is 0 Å². The van der Waals surface area contributed by atoms with Gasteiger partial charge in [-0.2, -0.15) is 0 Å². The molecule has 1 fully saturated rings. The van der Waals surface area contributed by atoms with Crippen LogP contribution < -0.4 is 15.1 Å². The summed E-state index contributed by atoms with van der Waals surface area (Å²) in [5.74, 6) is 0.136. The largest absolute Gasteiger partial charge is 0.360 e. The van der Waals surface area contributed by atoms with Gasteiger partial charge in [0.15, 0.2) is 6.54 Å². The molecule has 1 atom stereocenters. The molecule has 1 amide bonds. The number of hydrogen-bond donors (Lipinski definition) is 2. The van der Waals surface area contributed by atoms with Gasteiger partial charge in [0.1, 0.15) is 0 Å². The maximum Gasteiger partial charge on any atom is 0.275 e. The second-order valence-corrected chi connectivity index (χ2v) is 7.51. The third-order valence-electron chi connectivity index (χ3n) is 5.20. The first kappa shape index (κ1) is 21.2. The number of carbonyl (C=O) groups excluding carboxylic acids is 1. The van der Waals surface area contributed by atoms with Gasteiger partial charge in [0, 0.05) is 23.9 Å². The minimum atomic E-state index is -0.380. The predicted octanol–water partition coefficient (Wildman–Crippen LogP) is 1.77. The maximum atomic E-state index is 12.3. The average Bonchev–Trinajstić information content (AvgIpc) is 2.66. The van der Waals surface area contributed by atoms with Crippen molar-refractivity contribution in [2.45, 2.75) is 52.0 Å². The van der Waals surface area contributed by atoms with Crippen LogP contribution in [-0.4, -0.2) is 49.6 Å². The maximum absolute atomic E-state index is 12.3. The molecule has 7 nitrogen and oxygen atoms in total. The molecule has 2 N–H and O–H groups in total. The molecule has 2 rings (SSSR count). The number of nitro groups is 1. The molecular formula is C20H33N4O3+. The fourth-order valence-corrected chi connectivity index (χ4v) is 3.55. The van der Waals surface area contributed by atoms with Crippen LogP contribution in [0.3, 0.4) is 0 Å². The van der Waals surface area contributed by atoms with Gasteiger partial charge in [0.2, 0.25) is 0 Å². The standard InChI is InChI=1S/C20H32N4O3/c1-3-4-5-6-7-17(2)21-20(25)16-22-12-14-23(15-13-22)18-8-10-19(11-9-18)24(26)27/h8-11,17H,3-7,12-16H2,1-2H3,(H,21,25)/p+1/t17-/m1/s1. The highest BCUT2D eigenvalue weighted by Gasteiger charge is 2.23. The van der Waals surface area contributed by atoms with Crippen LogP contribution in [0.2, 0.25) is 0 Å². The van der Waals surface area contributed by atoms with Gasteiger partial charge in [-0.1, -0.05) is 32.6 Å². The summed E-state index contributed by atoms with van der Waals surface area (Å²) in [6, 6.07) is 6.94. The summed E-state index contributed by atoms with van der Waals surface area (Å²) in [6.07, 6.45) is 5.97. The molecule has 0 radical (unpaired) electrons. The first-order valence-corrected chi connectivity index (χ1v) is 10.1. The predicted molar refractivity (Wildman–Crippen MR) is 107 cm³/mol. The van der Waals surface area contributed by atoms with Crippen molar-refractivity contribution in [3.05, 3.63) is 34.4 Å². The number of rotatable bonds is 10. The minimum Gasteiger partial charge on any atom is -0.360 e. The topological polar surface area (TPSA) is 79.9 Å². The Hall–Kier alpha value is -2.15. The van der Waals surface area contributed by atoms with E-state index in [2.05, 4.69) is 24.1 Å². The van der Waals surface area contributed by atoms with Gasteiger partial charge >= 0.3 is 0 Å². The summed E-state index contributed by atoms with van der Waals surface area (Å²) < 4.78 is 0. The number of nitrogens with zero attached hydrogens (tertiary/aromatic N) is 2. The highest BCUT2D eigenvalue weighted by atomic mass is 16.6. The molecule has 150 valence electrons. The van der Waals surface area contributed by atoms with Crippen molar-refractivity contribution in [3.8, 4) is 0 Å². The van der Waals surface area contributed by atoms with E-state index in [0.29, 0.717) is 6.54 Å². The fraction of sp³-hybridized carbons (Fsp3) is 0.650. The summed E-state index contributed by atoms with van der Waals surface area (Å²) in [7, 11) is 0. The van der Waals surface area contributed by atoms with Crippen LogP contribution in [0.1, 0.15) is 46.0 Å². The van der Waals surface area contributed by atoms with Crippen molar-refractivity contribution in [2.24, 2.45) is 0 Å². The van der Waals surface area contributed by atoms with E-state index in [0.717, 1.165) is 38.3 Å². The van der Waals surface area contributed by atoms with Gasteiger partial charge in [0.05, 0.1) is 31.1 Å². The molecule has 0 aromatic heterocycles. The molecule has 1 heterocycles. The molecule has 1 aromatic carbocycles. The Morgan fingerprint density at radius 2 is 1.89 bits per heavy atom. The molecule has 1 saturated heterocycles. The zero-order valence-electron chi connectivity index (χ0n) is 16.6. The van der Waals surface area contributed by atoms with Crippen molar-refractivity contribution in [1.29, 1.82) is 0 Å². The molecule has 0 spiro atoms. The highest BCUT2D eigenvalue weighted by molar-refractivity contribution is 5.77. The van der Waals surface area contributed by atoms with Gasteiger partial charge < -0.3 is 15.1 Å². The smallest absolute Gasteiger partial charge is 0.275 e. The van der Waals surface area contributed by atoms with E-state index in [4.69, 9.17) is 0 Å². The van der Waals surface area contributed by atoms with Crippen LogP contribution >= 0.6 is 0 Å². The number of nitro benzene ring substituents is 1. The monoisotopic (exact) mass is 377 g/mol. The quantitative estimate of drug-likeness (QED) is 0.370. The lowest BCUT2D eigenvalue weighted by molar-refractivity contribution is -0.892. The van der Waals surface area contributed by atoms with Crippen LogP contribution in [0.25, 0.3) is 0 Å². The van der Waals surface area contributed by atoms with Gasteiger partial charge in [0.25, 0.3) is 11.6 Å². The number of quaternary nitrogens is 1. The Kier molecular flexibility index (Phi) is 8.51. The Labute approximate surface area is 161 Å². The van der Waals surface area contributed by atoms with Crippen LogP contribution in [0.4, 0.5) is 11.4 Å². The van der Waals surface area contributed by atoms with Crippen molar-refractivity contribution < 1.29 is 14.6 Å². The molecule has 0 unspecified atom stereocenters. The Morgan fingerprint density at radius 1 is 1.22 bits per heavy atom. The van der Waals surface area contributed by atoms with Crippen LogP contribution in [-0.2, 0) is 4.79 Å². The number of amides is 1. The van der Waals surface area contributed by atoms with Crippen molar-refractivity contribution in [2.75, 3.05) is 37.6 Å². The summed E-state index contributed by atoms with van der Waals surface area (Å²) >= 11 is 0. The number of hydrogen-bond acceptors (Lipinski definition) is 4. The van der Waals surface area contributed by atoms with E-state index in [9.17, 15) is 14.9 Å². The average molecular weight is 378 g/mol. The second-order valence-electron chi connectivity index (χ2n) is 7.51. The fourth-order valence-electron chi connectivity index (χ4n) is 3.55. The number of anilines is 1. The molecule has 1 aliphatic heterocycles. The van der Waals surface area contributed by atoms with Gasteiger partial charge in [-0.25, -0.2) is 0 Å². The number of nitrogens with one attached hydrogen (secondary N) is 2. The lowest BCUT2D eigenvalue weighted by Crippen LogP contribution is -3.16. The van der Waals surface area contributed by atoms with Crippen molar-refractivity contribution in [3.63, 3.8) is 0 Å². The third-order valence-corrected chi connectivity index (χ3v) is 5.20. The lowest BCUT2D eigenvalue weighted by atomic mass is 10.1. The normalized spacial score (nSPS) is 16.1. The molecule has 27 heavy (non-hydrogen) atoms. The first-order valence-electron chi connectivity index (χ1n) is 10.1. The Morgan fingerprint density at radius 3 is 2.48 bits per heavy atom. The minimum absolute atomic E-state index is 0.114. The van der Waals surface area contributed by atoms with Crippen LogP contribution in [0, 0.1) is 10.1 Å². The first-order chi connectivity index (χ1) is 13.0. The number of benzene rings is 1. The van der Waals surface area contributed by atoms with E-state index < -0.39 is 0 Å². The summed E-state index contributed by atoms with van der Waals surface area (Å²) in [6.45, 7) is 8.32. The van der Waals surface area contributed by atoms with E-state index in [1.807, 2.05) is 0 Å². The van der Waals surface area contributed by atoms with E-state index in [-0.39, 0.29) is 22.6 Å². The number of carbonyl (C=O) groups is 1. The van der Waals surface area contributed by atoms with Gasteiger partial charge in [-0.3, -0.25) is 14.9 Å². The van der Waals surface area contributed by atoms with Crippen molar-refractivity contribution >= 4 is 17.3 Å². The highest BCUT2D eigenvalue weighted by Crippen LogP contribution is 2.19. The summed E-state index contributed by atoms with van der Waals surface area (Å²) in [5.41, 5.74) is 1.12. The number of unbranched alkanes of at least 4 members (excludes halogenated alkanes) is 3. The number of non-ortho nitro benzene ring substituents is 1. The SMILES string of the molecule is CCCCCC[C@@H](C)NC(=O)C[NH+]1CCN(c2ccc([N+](=O)[O-])cc2)CC1. The molecule has 0 bridgehead atoms. The molecule has 7 heteroatoms. The summed E-state index contributed by atoms with van der Waals surface area (Å²) in [5, 5.41) is 13.9. The zero-order valence-corrected chi connectivity index (χ0v) is 16.6. The zero-order chi connectivity index (χ0) is 19.6. The Bertz CT molecular complexity index is 598. The van der Waals surface area contributed by atoms with Gasteiger partial charge in [-0.15, -0.1) is 0 Å². The van der Waals surface area contributed by atoms with E-state index in [1.54, 1.807) is 24.3 Å². The molecule has 1 aromatic rings. The summed E-state index contributed by atoms with van der Waals surface area (Å²) in [4.78, 5) is 26.1. The number of piperazine rings is 1. The van der Waals surface area contributed by atoms with Gasteiger partial charge in [-0.05, 0) is 25.5 Å². The Balaban J connectivity index is 1.69. The second kappa shape index (κ2) is 10.9. The molecular weight excluding hydrogens is 344 g/mol. The lowest BCUT2D eigenvalue weighted by Gasteiger charge is -2.33.